The first-order valence-corrected chi connectivity index (χ1v) is 19.3. The molecule has 7 N–H and O–H groups in total. The minimum atomic E-state index is -0.518. The normalized spacial score (nSPS) is 20.0. The molecule has 3 aromatic rings. The molecular formula is C33H47N15S3. The number of aryl methyl sites for hydroxylation is 3. The standard InChI is InChI=1S/C33H47N15S3/c1-19-8-23(16-49-19)11-46(7)31-40-26(38-28(34)42-31)14-48(13-25-10-21(3)51-18-25)33-41-27(39-29(35)43-33)15-47(12-24-9-20(2)50-17-24)32-37-22(4)36-30(44-32)45(5)6/h8-10,16-18,22,26-27H,11-15H2,1-7H3,(H,36,37,44)(H3,34,38,40,42)(H3,35,39,41,43). The van der Waals surface area contributed by atoms with Crippen LogP contribution in [0.4, 0.5) is 0 Å². The summed E-state index contributed by atoms with van der Waals surface area (Å²) in [6, 6.07) is 6.57. The summed E-state index contributed by atoms with van der Waals surface area (Å²) in [5, 5.41) is 16.3. The molecule has 0 saturated carbocycles. The molecule has 0 fully saturated rings. The van der Waals surface area contributed by atoms with Gasteiger partial charge in [-0.1, -0.05) is 0 Å². The van der Waals surface area contributed by atoms with E-state index in [0.717, 1.165) is 11.5 Å². The molecule has 3 unspecified atom stereocenters. The largest absolute Gasteiger partial charge is 0.370 e. The van der Waals surface area contributed by atoms with E-state index in [1.165, 1.54) is 25.8 Å². The highest BCUT2D eigenvalue weighted by molar-refractivity contribution is 7.10. The number of aliphatic imine (C=N–C) groups is 6. The quantitative estimate of drug-likeness (QED) is 0.209. The lowest BCUT2D eigenvalue weighted by Crippen LogP contribution is -2.55. The lowest BCUT2D eigenvalue weighted by Gasteiger charge is -2.35. The van der Waals surface area contributed by atoms with Crippen molar-refractivity contribution < 1.29 is 0 Å². The zero-order valence-electron chi connectivity index (χ0n) is 30.1. The summed E-state index contributed by atoms with van der Waals surface area (Å²) in [5.41, 5.74) is 16.4. The predicted octanol–water partition coefficient (Wildman–Crippen LogP) is 2.66. The highest BCUT2D eigenvalue weighted by Gasteiger charge is 2.29. The van der Waals surface area contributed by atoms with Crippen LogP contribution in [0, 0.1) is 20.8 Å². The van der Waals surface area contributed by atoms with E-state index in [-0.39, 0.29) is 12.1 Å². The fraction of sp³-hybridized carbons (Fsp3) is 0.455. The van der Waals surface area contributed by atoms with Crippen LogP contribution in [0.3, 0.4) is 0 Å². The number of guanidine groups is 6. The highest BCUT2D eigenvalue weighted by atomic mass is 32.1. The van der Waals surface area contributed by atoms with Crippen LogP contribution in [0.25, 0.3) is 0 Å². The first kappa shape index (κ1) is 36.1. The van der Waals surface area contributed by atoms with Crippen molar-refractivity contribution >= 4 is 69.8 Å². The molecule has 6 heterocycles. The van der Waals surface area contributed by atoms with Gasteiger partial charge in [-0.3, -0.25) is 16.0 Å². The number of hydrogen-bond acceptors (Lipinski definition) is 18. The maximum Gasteiger partial charge on any atom is 0.203 e. The fourth-order valence-electron chi connectivity index (χ4n) is 5.85. The third kappa shape index (κ3) is 9.56. The third-order valence-corrected chi connectivity index (χ3v) is 10.8. The number of nitrogens with zero attached hydrogens (tertiary/aromatic N) is 10. The second-order valence-electron chi connectivity index (χ2n) is 13.0. The molecule has 0 radical (unpaired) electrons. The minimum Gasteiger partial charge on any atom is -0.370 e. The first-order valence-electron chi connectivity index (χ1n) is 16.7. The molecule has 3 atom stereocenters. The molecule has 6 rings (SSSR count). The predicted molar refractivity (Wildman–Crippen MR) is 213 cm³/mol. The van der Waals surface area contributed by atoms with Gasteiger partial charge < -0.3 is 31.1 Å². The van der Waals surface area contributed by atoms with Crippen molar-refractivity contribution in [3.63, 3.8) is 0 Å². The van der Waals surface area contributed by atoms with Gasteiger partial charge >= 0.3 is 0 Å². The monoisotopic (exact) mass is 749 g/mol. The molecule has 3 aliphatic heterocycles. The Hall–Kier alpha value is -4.68. The maximum atomic E-state index is 6.49. The average Bonchev–Trinajstić information content (AvgIpc) is 3.80. The van der Waals surface area contributed by atoms with E-state index < -0.39 is 12.3 Å². The van der Waals surface area contributed by atoms with Crippen molar-refractivity contribution in [2.24, 2.45) is 41.4 Å². The van der Waals surface area contributed by atoms with E-state index in [0.29, 0.717) is 56.6 Å². The molecule has 0 aliphatic carbocycles. The lowest BCUT2D eigenvalue weighted by atomic mass is 10.2. The number of thiophene rings is 3. The highest BCUT2D eigenvalue weighted by Crippen LogP contribution is 2.20. The smallest absolute Gasteiger partial charge is 0.203 e. The van der Waals surface area contributed by atoms with Gasteiger partial charge in [-0.25, -0.2) is 30.0 Å². The van der Waals surface area contributed by atoms with Crippen molar-refractivity contribution in [1.29, 1.82) is 0 Å². The topological polar surface area (TPSA) is 175 Å². The second kappa shape index (κ2) is 15.7. The Morgan fingerprint density at radius 1 is 0.588 bits per heavy atom. The fourth-order valence-corrected chi connectivity index (χ4v) is 7.95. The minimum absolute atomic E-state index is 0.243. The van der Waals surface area contributed by atoms with Crippen LogP contribution in [0.5, 0.6) is 0 Å². The second-order valence-corrected chi connectivity index (χ2v) is 16.4. The van der Waals surface area contributed by atoms with E-state index in [1.54, 1.807) is 34.0 Å². The van der Waals surface area contributed by atoms with E-state index in [4.69, 9.17) is 31.4 Å². The summed E-state index contributed by atoms with van der Waals surface area (Å²) < 4.78 is 0. The Bertz CT molecular complexity index is 1880. The molecule has 0 bridgehead atoms. The van der Waals surface area contributed by atoms with E-state index in [1.807, 2.05) is 33.0 Å². The van der Waals surface area contributed by atoms with Crippen molar-refractivity contribution in [2.45, 2.75) is 65.8 Å². The Balaban J connectivity index is 1.27. The Labute approximate surface area is 311 Å². The van der Waals surface area contributed by atoms with Gasteiger partial charge in [-0.05, 0) is 78.7 Å². The molecule has 0 spiro atoms. The molecule has 18 heteroatoms. The van der Waals surface area contributed by atoms with Gasteiger partial charge in [0.15, 0.2) is 24.3 Å². The Kier molecular flexibility index (Phi) is 11.1. The van der Waals surface area contributed by atoms with Crippen LogP contribution in [-0.2, 0) is 19.6 Å². The van der Waals surface area contributed by atoms with Crippen LogP contribution < -0.4 is 27.4 Å². The molecule has 51 heavy (non-hydrogen) atoms. The summed E-state index contributed by atoms with van der Waals surface area (Å²) in [6.07, 6.45) is -1.25. The zero-order chi connectivity index (χ0) is 36.2. The summed E-state index contributed by atoms with van der Waals surface area (Å²) in [7, 11) is 5.92. The molecule has 3 aromatic heterocycles. The van der Waals surface area contributed by atoms with Crippen LogP contribution in [0.15, 0.2) is 64.3 Å². The van der Waals surface area contributed by atoms with Crippen molar-refractivity contribution in [3.8, 4) is 0 Å². The molecule has 3 aliphatic rings. The van der Waals surface area contributed by atoms with Gasteiger partial charge in [0.1, 0.15) is 6.17 Å². The molecular weight excluding hydrogens is 703 g/mol. The zero-order valence-corrected chi connectivity index (χ0v) is 32.5. The molecule has 15 nitrogen and oxygen atoms in total. The number of hydrogen-bond donors (Lipinski definition) is 5. The number of nitrogens with two attached hydrogens (primary N) is 2. The van der Waals surface area contributed by atoms with E-state index in [9.17, 15) is 0 Å². The van der Waals surface area contributed by atoms with E-state index in [2.05, 4.69) is 95.7 Å². The number of nitrogens with one attached hydrogen (secondary N) is 3. The van der Waals surface area contributed by atoms with Gasteiger partial charge in [-0.15, -0.1) is 34.0 Å². The average molecular weight is 750 g/mol. The summed E-state index contributed by atoms with van der Waals surface area (Å²) in [4.78, 5) is 41.1. The van der Waals surface area contributed by atoms with Crippen molar-refractivity contribution in [1.82, 2.24) is 35.6 Å². The summed E-state index contributed by atoms with van der Waals surface area (Å²) >= 11 is 5.17. The first-order chi connectivity index (χ1) is 24.4. The van der Waals surface area contributed by atoms with Crippen LogP contribution in [0.2, 0.25) is 0 Å². The summed E-state index contributed by atoms with van der Waals surface area (Å²) in [5.74, 6) is 3.31. The SMILES string of the molecule is Cc1cc(CN(C)C2=NC(CN(Cc3csc(C)c3)C3=NC(CN(Cc4csc(C)c4)C4=NC(C)N=C(N(C)C)N4)N=C(N)N3)N=C(N)N2)cs1. The van der Waals surface area contributed by atoms with Gasteiger partial charge in [0.05, 0.1) is 13.1 Å². The van der Waals surface area contributed by atoms with Crippen LogP contribution >= 0.6 is 34.0 Å². The lowest BCUT2D eigenvalue weighted by molar-refractivity contribution is 0.346. The van der Waals surface area contributed by atoms with Gasteiger partial charge in [0.2, 0.25) is 23.8 Å². The maximum absolute atomic E-state index is 6.49. The number of rotatable bonds is 10. The van der Waals surface area contributed by atoms with Gasteiger partial charge in [0.25, 0.3) is 0 Å². The molecule has 0 amide bonds. The molecule has 272 valence electrons. The van der Waals surface area contributed by atoms with Gasteiger partial charge in [-0.2, -0.15) is 0 Å². The van der Waals surface area contributed by atoms with E-state index >= 15 is 0 Å². The van der Waals surface area contributed by atoms with Crippen molar-refractivity contribution in [3.05, 3.63) is 65.7 Å². The Morgan fingerprint density at radius 3 is 1.49 bits per heavy atom. The molecule has 0 aromatic carbocycles. The summed E-state index contributed by atoms with van der Waals surface area (Å²) in [6.45, 7) is 11.0. The van der Waals surface area contributed by atoms with Crippen LogP contribution in [0.1, 0.15) is 38.2 Å². The van der Waals surface area contributed by atoms with Crippen molar-refractivity contribution in [2.75, 3.05) is 34.2 Å². The van der Waals surface area contributed by atoms with Gasteiger partial charge in [0, 0.05) is 55.4 Å². The third-order valence-electron chi connectivity index (χ3n) is 8.11. The Morgan fingerprint density at radius 2 is 1.02 bits per heavy atom. The van der Waals surface area contributed by atoms with Crippen LogP contribution in [-0.4, -0.2) is 108 Å². The molecule has 0 saturated heterocycles.